The van der Waals surface area contributed by atoms with Gasteiger partial charge in [-0.25, -0.2) is 5.01 Å². The quantitative estimate of drug-likeness (QED) is 0.843. The monoisotopic (exact) mass is 355 g/mol. The number of hydrazone groups is 1. The van der Waals surface area contributed by atoms with Gasteiger partial charge in [0, 0.05) is 31.5 Å². The number of halogens is 1. The van der Waals surface area contributed by atoms with E-state index in [0.717, 1.165) is 5.56 Å². The Labute approximate surface area is 151 Å². The molecule has 0 aromatic heterocycles. The van der Waals surface area contributed by atoms with Crippen molar-refractivity contribution < 1.29 is 9.59 Å². The zero-order valence-electron chi connectivity index (χ0n) is 13.9. The first kappa shape index (κ1) is 17.2. The average molecular weight is 356 g/mol. The minimum Gasteiger partial charge on any atom is -0.336 e. The molecule has 3 rings (SSSR count). The molecule has 0 fully saturated rings. The first-order chi connectivity index (χ1) is 12.0. The van der Waals surface area contributed by atoms with Gasteiger partial charge in [-0.3, -0.25) is 9.59 Å². The van der Waals surface area contributed by atoms with Gasteiger partial charge in [-0.05, 0) is 29.8 Å². The molecule has 1 heterocycles. The summed E-state index contributed by atoms with van der Waals surface area (Å²) in [6, 6.07) is 16.5. The van der Waals surface area contributed by atoms with Crippen LogP contribution in [0.5, 0.6) is 0 Å². The van der Waals surface area contributed by atoms with E-state index in [1.54, 1.807) is 30.1 Å². The molecule has 2 amide bonds. The predicted molar refractivity (Wildman–Crippen MR) is 98.5 cm³/mol. The van der Waals surface area contributed by atoms with E-state index in [0.29, 0.717) is 29.4 Å². The zero-order valence-corrected chi connectivity index (χ0v) is 14.6. The van der Waals surface area contributed by atoms with Crippen LogP contribution in [0.15, 0.2) is 59.7 Å². The standard InChI is InChI=1S/C19H18ClN3O2/c1-22(13-14-6-5-7-15(20)12-14)19(25)17-10-11-18(24)23(21-17)16-8-3-2-4-9-16/h2-9,12H,10-11,13H2,1H3. The summed E-state index contributed by atoms with van der Waals surface area (Å²) in [6.45, 7) is 0.428. The number of carbonyl (C=O) groups is 2. The van der Waals surface area contributed by atoms with Crippen LogP contribution in [0.3, 0.4) is 0 Å². The van der Waals surface area contributed by atoms with Crippen LogP contribution in [-0.2, 0) is 16.1 Å². The number of rotatable bonds is 4. The highest BCUT2D eigenvalue weighted by Gasteiger charge is 2.27. The Morgan fingerprint density at radius 3 is 2.64 bits per heavy atom. The SMILES string of the molecule is CN(Cc1cccc(Cl)c1)C(=O)C1=NN(c2ccccc2)C(=O)CC1. The number of nitrogens with zero attached hydrogens (tertiary/aromatic N) is 3. The summed E-state index contributed by atoms with van der Waals surface area (Å²) in [5.74, 6) is -0.298. The Kier molecular flexibility index (Phi) is 5.14. The highest BCUT2D eigenvalue weighted by molar-refractivity contribution is 6.40. The summed E-state index contributed by atoms with van der Waals surface area (Å²) >= 11 is 5.99. The van der Waals surface area contributed by atoms with Gasteiger partial charge in [0.05, 0.1) is 5.69 Å². The maximum atomic E-state index is 12.7. The van der Waals surface area contributed by atoms with Crippen molar-refractivity contribution in [2.75, 3.05) is 12.1 Å². The summed E-state index contributed by atoms with van der Waals surface area (Å²) in [5, 5.41) is 6.24. The number of benzene rings is 2. The van der Waals surface area contributed by atoms with Crippen molar-refractivity contribution in [3.8, 4) is 0 Å². The lowest BCUT2D eigenvalue weighted by Crippen LogP contribution is -2.39. The Hall–Kier alpha value is -2.66. The van der Waals surface area contributed by atoms with Crippen molar-refractivity contribution in [3.05, 3.63) is 65.2 Å². The van der Waals surface area contributed by atoms with Crippen molar-refractivity contribution in [3.63, 3.8) is 0 Å². The van der Waals surface area contributed by atoms with Crippen molar-refractivity contribution in [2.24, 2.45) is 5.10 Å². The van der Waals surface area contributed by atoms with Crippen LogP contribution in [0.25, 0.3) is 0 Å². The highest BCUT2D eigenvalue weighted by atomic mass is 35.5. The Morgan fingerprint density at radius 1 is 1.16 bits per heavy atom. The van der Waals surface area contributed by atoms with E-state index in [1.165, 1.54) is 5.01 Å². The van der Waals surface area contributed by atoms with Gasteiger partial charge in [0.25, 0.3) is 5.91 Å². The molecule has 0 saturated carbocycles. The Morgan fingerprint density at radius 2 is 1.92 bits per heavy atom. The summed E-state index contributed by atoms with van der Waals surface area (Å²) < 4.78 is 0. The highest BCUT2D eigenvalue weighted by Crippen LogP contribution is 2.20. The molecule has 2 aromatic rings. The summed E-state index contributed by atoms with van der Waals surface area (Å²) in [6.07, 6.45) is 0.616. The van der Waals surface area contributed by atoms with E-state index in [-0.39, 0.29) is 18.2 Å². The molecule has 1 aliphatic heterocycles. The second-order valence-corrected chi connectivity index (χ2v) is 6.32. The third-order valence-corrected chi connectivity index (χ3v) is 4.17. The van der Waals surface area contributed by atoms with Crippen molar-refractivity contribution in [1.29, 1.82) is 0 Å². The first-order valence-electron chi connectivity index (χ1n) is 8.00. The Balaban J connectivity index is 1.77. The van der Waals surface area contributed by atoms with E-state index >= 15 is 0 Å². The lowest BCUT2D eigenvalue weighted by molar-refractivity contribution is -0.123. The van der Waals surface area contributed by atoms with E-state index < -0.39 is 0 Å². The van der Waals surface area contributed by atoms with E-state index in [2.05, 4.69) is 5.10 Å². The summed E-state index contributed by atoms with van der Waals surface area (Å²) in [7, 11) is 1.72. The number of amides is 2. The molecule has 6 heteroatoms. The van der Waals surface area contributed by atoms with Crippen LogP contribution in [0, 0.1) is 0 Å². The molecule has 0 aliphatic carbocycles. The molecular formula is C19H18ClN3O2. The number of hydrogen-bond donors (Lipinski definition) is 0. The summed E-state index contributed by atoms with van der Waals surface area (Å²) in [5.41, 5.74) is 1.98. The molecule has 1 aliphatic rings. The third kappa shape index (κ3) is 4.06. The van der Waals surface area contributed by atoms with Crippen LogP contribution in [0.4, 0.5) is 5.69 Å². The van der Waals surface area contributed by atoms with Gasteiger partial charge in [0.15, 0.2) is 0 Å². The Bertz CT molecular complexity index is 820. The topological polar surface area (TPSA) is 53.0 Å². The van der Waals surface area contributed by atoms with Crippen LogP contribution in [-0.4, -0.2) is 29.5 Å². The van der Waals surface area contributed by atoms with Crippen LogP contribution in [0.2, 0.25) is 5.02 Å². The number of hydrogen-bond acceptors (Lipinski definition) is 3. The average Bonchev–Trinajstić information content (AvgIpc) is 2.62. The van der Waals surface area contributed by atoms with Crippen molar-refractivity contribution in [2.45, 2.75) is 19.4 Å². The molecule has 0 atom stereocenters. The molecule has 25 heavy (non-hydrogen) atoms. The minimum atomic E-state index is -0.187. The largest absolute Gasteiger partial charge is 0.336 e. The fourth-order valence-electron chi connectivity index (χ4n) is 2.68. The molecule has 5 nitrogen and oxygen atoms in total. The maximum absolute atomic E-state index is 12.7. The molecule has 0 spiro atoms. The molecule has 0 radical (unpaired) electrons. The normalized spacial score (nSPS) is 14.2. The second-order valence-electron chi connectivity index (χ2n) is 5.88. The van der Waals surface area contributed by atoms with Crippen LogP contribution < -0.4 is 5.01 Å². The van der Waals surface area contributed by atoms with Gasteiger partial charge in [0.1, 0.15) is 5.71 Å². The molecule has 0 unspecified atom stereocenters. The molecule has 0 N–H and O–H groups in total. The van der Waals surface area contributed by atoms with Crippen molar-refractivity contribution in [1.82, 2.24) is 4.90 Å². The molecule has 0 saturated heterocycles. The van der Waals surface area contributed by atoms with Crippen molar-refractivity contribution >= 4 is 34.8 Å². The van der Waals surface area contributed by atoms with Gasteiger partial charge in [-0.1, -0.05) is 41.9 Å². The van der Waals surface area contributed by atoms with Gasteiger partial charge >= 0.3 is 0 Å². The zero-order chi connectivity index (χ0) is 17.8. The van der Waals surface area contributed by atoms with Crippen LogP contribution >= 0.6 is 11.6 Å². The summed E-state index contributed by atoms with van der Waals surface area (Å²) in [4.78, 5) is 26.4. The lowest BCUT2D eigenvalue weighted by atomic mass is 10.1. The number of carbonyl (C=O) groups excluding carboxylic acids is 2. The fourth-order valence-corrected chi connectivity index (χ4v) is 2.89. The second kappa shape index (κ2) is 7.49. The molecule has 2 aromatic carbocycles. The van der Waals surface area contributed by atoms with Crippen LogP contribution in [0.1, 0.15) is 18.4 Å². The van der Waals surface area contributed by atoms with Gasteiger partial charge in [-0.15, -0.1) is 0 Å². The molecule has 0 bridgehead atoms. The van der Waals surface area contributed by atoms with E-state index in [9.17, 15) is 9.59 Å². The maximum Gasteiger partial charge on any atom is 0.270 e. The number of para-hydroxylation sites is 1. The fraction of sp³-hybridized carbons (Fsp3) is 0.211. The van der Waals surface area contributed by atoms with Gasteiger partial charge in [-0.2, -0.15) is 5.10 Å². The smallest absolute Gasteiger partial charge is 0.270 e. The third-order valence-electron chi connectivity index (χ3n) is 3.94. The lowest BCUT2D eigenvalue weighted by Gasteiger charge is -2.25. The van der Waals surface area contributed by atoms with E-state index in [4.69, 9.17) is 11.6 Å². The van der Waals surface area contributed by atoms with Gasteiger partial charge < -0.3 is 4.90 Å². The molecule has 128 valence electrons. The number of anilines is 1. The van der Waals surface area contributed by atoms with Gasteiger partial charge in [0.2, 0.25) is 5.91 Å². The van der Waals surface area contributed by atoms with E-state index in [1.807, 2.05) is 36.4 Å². The molecular weight excluding hydrogens is 338 g/mol. The minimum absolute atomic E-state index is 0.111. The predicted octanol–water partition coefficient (Wildman–Crippen LogP) is 3.48. The first-order valence-corrected chi connectivity index (χ1v) is 8.38.